The summed E-state index contributed by atoms with van der Waals surface area (Å²) in [7, 11) is 0. The van der Waals surface area contributed by atoms with E-state index in [9.17, 15) is 4.79 Å². The third-order valence-electron chi connectivity index (χ3n) is 3.43. The van der Waals surface area contributed by atoms with E-state index in [4.69, 9.17) is 5.73 Å². The van der Waals surface area contributed by atoms with Gasteiger partial charge in [0.25, 0.3) is 0 Å². The van der Waals surface area contributed by atoms with Crippen molar-refractivity contribution in [2.24, 2.45) is 11.1 Å². The minimum absolute atomic E-state index is 0.0947. The summed E-state index contributed by atoms with van der Waals surface area (Å²) in [4.78, 5) is 11.0. The van der Waals surface area contributed by atoms with E-state index in [-0.39, 0.29) is 5.41 Å². The first-order valence-corrected chi connectivity index (χ1v) is 5.18. The van der Waals surface area contributed by atoms with Gasteiger partial charge >= 0.3 is 0 Å². The second kappa shape index (κ2) is 3.26. The molecule has 2 aliphatic carbocycles. The molecule has 0 aromatic carbocycles. The van der Waals surface area contributed by atoms with Crippen molar-refractivity contribution in [1.29, 1.82) is 0 Å². The lowest BCUT2D eigenvalue weighted by atomic mass is 9.61. The molecular formula is C11H17NO. The Morgan fingerprint density at radius 1 is 1.38 bits per heavy atom. The van der Waals surface area contributed by atoms with Crippen LogP contribution < -0.4 is 5.73 Å². The van der Waals surface area contributed by atoms with Gasteiger partial charge < -0.3 is 5.73 Å². The summed E-state index contributed by atoms with van der Waals surface area (Å²) in [6.45, 7) is 0.657. The van der Waals surface area contributed by atoms with E-state index in [1.165, 1.54) is 31.3 Å². The smallest absolute Gasteiger partial charge is 0.134 e. The van der Waals surface area contributed by atoms with Crippen LogP contribution in [0.1, 0.15) is 38.5 Å². The Bertz CT molecular complexity index is 247. The van der Waals surface area contributed by atoms with Crippen molar-refractivity contribution in [3.8, 4) is 0 Å². The van der Waals surface area contributed by atoms with Crippen LogP contribution in [0.4, 0.5) is 0 Å². The first kappa shape index (κ1) is 8.95. The van der Waals surface area contributed by atoms with Gasteiger partial charge in [0, 0.05) is 24.8 Å². The first-order valence-electron chi connectivity index (χ1n) is 5.18. The van der Waals surface area contributed by atoms with E-state index in [1.807, 2.05) is 0 Å². The highest BCUT2D eigenvalue weighted by molar-refractivity contribution is 5.87. The average Bonchev–Trinajstić information content (AvgIpc) is 2.14. The molecule has 2 rings (SSSR count). The van der Waals surface area contributed by atoms with Crippen LogP contribution in [0.2, 0.25) is 0 Å². The Kier molecular flexibility index (Phi) is 2.24. The normalized spacial score (nSPS) is 26.5. The molecule has 0 aromatic heterocycles. The van der Waals surface area contributed by atoms with E-state index in [0.717, 1.165) is 0 Å². The number of carbonyl (C=O) groups is 1. The molecule has 0 spiro atoms. The predicted octanol–water partition coefficient (Wildman–Crippen LogP) is 1.79. The topological polar surface area (TPSA) is 43.1 Å². The second-order valence-electron chi connectivity index (χ2n) is 4.35. The molecule has 0 unspecified atom stereocenters. The highest BCUT2D eigenvalue weighted by Gasteiger charge is 2.44. The van der Waals surface area contributed by atoms with Gasteiger partial charge in [0.15, 0.2) is 0 Å². The van der Waals surface area contributed by atoms with Crippen molar-refractivity contribution in [1.82, 2.24) is 0 Å². The van der Waals surface area contributed by atoms with Crippen molar-refractivity contribution in [2.75, 3.05) is 6.54 Å². The van der Waals surface area contributed by atoms with E-state index < -0.39 is 0 Å². The highest BCUT2D eigenvalue weighted by atomic mass is 16.1. The van der Waals surface area contributed by atoms with Gasteiger partial charge in [-0.15, -0.1) is 0 Å². The third kappa shape index (κ3) is 1.44. The number of Topliss-reactive ketones (excluding diaryl/α,β-unsaturated/α-hetero) is 1. The van der Waals surface area contributed by atoms with E-state index >= 15 is 0 Å². The summed E-state index contributed by atoms with van der Waals surface area (Å²) in [5, 5.41) is 0. The average molecular weight is 179 g/mol. The Morgan fingerprint density at radius 2 is 2.15 bits per heavy atom. The Labute approximate surface area is 79.2 Å². The number of ketones is 1. The highest BCUT2D eigenvalue weighted by Crippen LogP contribution is 2.46. The Hall–Kier alpha value is -0.630. The maximum Gasteiger partial charge on any atom is 0.134 e. The molecule has 2 N–H and O–H groups in total. The lowest BCUT2D eigenvalue weighted by molar-refractivity contribution is -0.130. The fourth-order valence-corrected chi connectivity index (χ4v) is 2.53. The fraction of sp³-hybridized carbons (Fsp3) is 0.727. The summed E-state index contributed by atoms with van der Waals surface area (Å²) >= 11 is 0. The fourth-order valence-electron chi connectivity index (χ4n) is 2.53. The summed E-state index contributed by atoms with van der Waals surface area (Å²) in [6, 6.07) is 0. The van der Waals surface area contributed by atoms with Crippen LogP contribution in [0.25, 0.3) is 0 Å². The van der Waals surface area contributed by atoms with E-state index in [0.29, 0.717) is 25.2 Å². The van der Waals surface area contributed by atoms with Crippen molar-refractivity contribution >= 4 is 5.78 Å². The second-order valence-corrected chi connectivity index (χ2v) is 4.35. The summed E-state index contributed by atoms with van der Waals surface area (Å²) in [5.74, 6) is 0.386. The van der Waals surface area contributed by atoms with E-state index in [1.54, 1.807) is 0 Å². The molecule has 0 aliphatic heterocycles. The van der Waals surface area contributed by atoms with Gasteiger partial charge in [-0.25, -0.2) is 0 Å². The maximum atomic E-state index is 11.0. The molecule has 2 heteroatoms. The maximum absolute atomic E-state index is 11.0. The number of allylic oxidation sites excluding steroid dienone is 1. The van der Waals surface area contributed by atoms with Crippen LogP contribution in [0.15, 0.2) is 11.6 Å². The number of nitrogens with two attached hydrogens (primary N) is 1. The van der Waals surface area contributed by atoms with Crippen molar-refractivity contribution in [3.05, 3.63) is 11.6 Å². The van der Waals surface area contributed by atoms with Crippen LogP contribution in [0.5, 0.6) is 0 Å². The molecule has 0 heterocycles. The van der Waals surface area contributed by atoms with Gasteiger partial charge in [-0.2, -0.15) is 0 Å². The van der Waals surface area contributed by atoms with Crippen LogP contribution in [0, 0.1) is 5.41 Å². The van der Waals surface area contributed by atoms with Gasteiger partial charge in [-0.1, -0.05) is 11.6 Å². The van der Waals surface area contributed by atoms with Gasteiger partial charge in [-0.05, 0) is 25.7 Å². The zero-order valence-corrected chi connectivity index (χ0v) is 8.01. The molecule has 1 saturated carbocycles. The number of rotatable bonds is 2. The molecule has 13 heavy (non-hydrogen) atoms. The molecule has 72 valence electrons. The number of carbonyl (C=O) groups excluding carboxylic acids is 1. The molecule has 2 aliphatic rings. The number of hydrogen-bond donors (Lipinski definition) is 1. The van der Waals surface area contributed by atoms with Crippen LogP contribution in [-0.2, 0) is 4.79 Å². The monoisotopic (exact) mass is 179 g/mol. The SMILES string of the molecule is NCC1(C2=CCCCC2)CC(=O)C1. The molecule has 0 amide bonds. The predicted molar refractivity (Wildman–Crippen MR) is 52.3 cm³/mol. The quantitative estimate of drug-likeness (QED) is 0.657. The number of hydrogen-bond acceptors (Lipinski definition) is 2. The standard InChI is InChI=1S/C11H17NO/c12-8-11(6-10(13)7-11)9-4-2-1-3-5-9/h4H,1-3,5-8,12H2. The Balaban J connectivity index is 2.12. The molecular weight excluding hydrogens is 162 g/mol. The van der Waals surface area contributed by atoms with Crippen molar-refractivity contribution in [3.63, 3.8) is 0 Å². The molecule has 0 saturated heterocycles. The minimum atomic E-state index is 0.0947. The van der Waals surface area contributed by atoms with Crippen molar-refractivity contribution < 1.29 is 4.79 Å². The summed E-state index contributed by atoms with van der Waals surface area (Å²) in [5.41, 5.74) is 7.34. The molecule has 2 nitrogen and oxygen atoms in total. The van der Waals surface area contributed by atoms with Crippen LogP contribution >= 0.6 is 0 Å². The van der Waals surface area contributed by atoms with Crippen LogP contribution in [-0.4, -0.2) is 12.3 Å². The zero-order valence-electron chi connectivity index (χ0n) is 8.01. The van der Waals surface area contributed by atoms with E-state index in [2.05, 4.69) is 6.08 Å². The van der Waals surface area contributed by atoms with Gasteiger partial charge in [0.2, 0.25) is 0 Å². The third-order valence-corrected chi connectivity index (χ3v) is 3.43. The zero-order chi connectivity index (χ0) is 9.31. The van der Waals surface area contributed by atoms with Gasteiger partial charge in [-0.3, -0.25) is 4.79 Å². The molecule has 0 atom stereocenters. The lowest BCUT2D eigenvalue weighted by Gasteiger charge is -2.43. The summed E-state index contributed by atoms with van der Waals surface area (Å²) in [6.07, 6.45) is 8.67. The molecule has 0 bridgehead atoms. The lowest BCUT2D eigenvalue weighted by Crippen LogP contribution is -2.45. The van der Waals surface area contributed by atoms with Gasteiger partial charge in [0.1, 0.15) is 5.78 Å². The molecule has 0 radical (unpaired) electrons. The minimum Gasteiger partial charge on any atom is -0.330 e. The van der Waals surface area contributed by atoms with Gasteiger partial charge in [0.05, 0.1) is 0 Å². The molecule has 1 fully saturated rings. The largest absolute Gasteiger partial charge is 0.330 e. The Morgan fingerprint density at radius 3 is 2.62 bits per heavy atom. The van der Waals surface area contributed by atoms with Crippen molar-refractivity contribution in [2.45, 2.75) is 38.5 Å². The first-order chi connectivity index (χ1) is 6.27. The summed E-state index contributed by atoms with van der Waals surface area (Å²) < 4.78 is 0. The molecule has 0 aromatic rings. The van der Waals surface area contributed by atoms with Crippen LogP contribution in [0.3, 0.4) is 0 Å².